The summed E-state index contributed by atoms with van der Waals surface area (Å²) in [7, 11) is 3.83. The van der Waals surface area contributed by atoms with Crippen LogP contribution in [-0.4, -0.2) is 60.4 Å². The molecule has 0 aliphatic carbocycles. The van der Waals surface area contributed by atoms with Crippen molar-refractivity contribution >= 4 is 33.4 Å². The zero-order valence-electron chi connectivity index (χ0n) is 18.9. The molecule has 0 radical (unpaired) electrons. The Bertz CT molecular complexity index is 1030. The molecule has 1 heterocycles. The Hall–Kier alpha value is -2.64. The predicted octanol–water partition coefficient (Wildman–Crippen LogP) is 4.53. The van der Waals surface area contributed by atoms with E-state index in [4.69, 9.17) is 4.74 Å². The molecule has 7 heteroatoms. The molecule has 0 saturated carbocycles. The average molecular weight is 501 g/mol. The molecule has 1 saturated heterocycles. The molecule has 6 nitrogen and oxygen atoms in total. The fraction of sp³-hybridized carbons (Fsp3) is 0.360. The number of hydrogen-bond donors (Lipinski definition) is 1. The van der Waals surface area contributed by atoms with Gasteiger partial charge in [0, 0.05) is 23.1 Å². The van der Waals surface area contributed by atoms with Crippen molar-refractivity contribution in [2.75, 3.05) is 33.8 Å². The van der Waals surface area contributed by atoms with Crippen molar-refractivity contribution in [3.63, 3.8) is 0 Å². The minimum atomic E-state index is -0.667. The summed E-state index contributed by atoms with van der Waals surface area (Å²) in [5.74, 6) is -0.721. The number of carbonyl (C=O) groups excluding carboxylic acids is 2. The van der Waals surface area contributed by atoms with E-state index in [1.165, 1.54) is 0 Å². The number of amides is 1. The van der Waals surface area contributed by atoms with Crippen LogP contribution in [0, 0.1) is 6.92 Å². The third-order valence-corrected chi connectivity index (χ3v) is 5.97. The van der Waals surface area contributed by atoms with Crippen LogP contribution in [0.1, 0.15) is 36.1 Å². The summed E-state index contributed by atoms with van der Waals surface area (Å²) in [6.45, 7) is 5.46. The molecule has 2 aromatic rings. The summed E-state index contributed by atoms with van der Waals surface area (Å²) in [6.07, 6.45) is 0.893. The number of halogens is 1. The maximum absolute atomic E-state index is 13.1. The summed E-state index contributed by atoms with van der Waals surface area (Å²) in [4.78, 5) is 29.5. The highest BCUT2D eigenvalue weighted by molar-refractivity contribution is 9.10. The van der Waals surface area contributed by atoms with Gasteiger partial charge in [0.1, 0.15) is 11.5 Å². The minimum Gasteiger partial charge on any atom is -0.507 e. The summed E-state index contributed by atoms with van der Waals surface area (Å²) < 4.78 is 6.56. The van der Waals surface area contributed by atoms with Gasteiger partial charge in [0.05, 0.1) is 18.2 Å². The summed E-state index contributed by atoms with van der Waals surface area (Å²) in [5.41, 5.74) is 2.17. The number of ketones is 1. The van der Waals surface area contributed by atoms with E-state index >= 15 is 0 Å². The van der Waals surface area contributed by atoms with Gasteiger partial charge >= 0.3 is 0 Å². The molecule has 0 spiro atoms. The van der Waals surface area contributed by atoms with E-state index in [2.05, 4.69) is 15.9 Å². The highest BCUT2D eigenvalue weighted by Crippen LogP contribution is 2.40. The van der Waals surface area contributed by atoms with E-state index in [-0.39, 0.29) is 11.3 Å². The van der Waals surface area contributed by atoms with Gasteiger partial charge in [0.15, 0.2) is 0 Å². The molecule has 170 valence electrons. The number of likely N-dealkylation sites (tertiary alicyclic amines) is 1. The summed E-state index contributed by atoms with van der Waals surface area (Å²) in [6, 6.07) is 12.2. The van der Waals surface area contributed by atoms with Gasteiger partial charge in [-0.15, -0.1) is 0 Å². The van der Waals surface area contributed by atoms with Crippen LogP contribution in [0.15, 0.2) is 52.5 Å². The molecule has 1 amide bonds. The number of carbonyl (C=O) groups is 2. The molecule has 1 atom stereocenters. The molecule has 1 unspecified atom stereocenters. The lowest BCUT2D eigenvalue weighted by molar-refractivity contribution is -0.140. The molecular formula is C25H29BrN2O4. The first-order valence-electron chi connectivity index (χ1n) is 10.7. The highest BCUT2D eigenvalue weighted by Gasteiger charge is 2.46. The second kappa shape index (κ2) is 10.3. The molecule has 1 aliphatic heterocycles. The lowest BCUT2D eigenvalue weighted by atomic mass is 9.94. The Kier molecular flexibility index (Phi) is 7.74. The number of aliphatic hydroxyl groups is 1. The lowest BCUT2D eigenvalue weighted by Crippen LogP contribution is -2.35. The molecule has 0 aromatic heterocycles. The second-order valence-corrected chi connectivity index (χ2v) is 9.09. The van der Waals surface area contributed by atoms with Gasteiger partial charge in [-0.3, -0.25) is 9.59 Å². The van der Waals surface area contributed by atoms with E-state index in [9.17, 15) is 14.7 Å². The highest BCUT2D eigenvalue weighted by atomic mass is 79.9. The third kappa shape index (κ3) is 5.05. The van der Waals surface area contributed by atoms with Gasteiger partial charge in [0.2, 0.25) is 0 Å². The van der Waals surface area contributed by atoms with Crippen molar-refractivity contribution in [1.82, 2.24) is 9.80 Å². The van der Waals surface area contributed by atoms with Crippen LogP contribution in [0.25, 0.3) is 5.76 Å². The lowest BCUT2D eigenvalue weighted by Gasteiger charge is -2.26. The normalized spacial score (nSPS) is 17.9. The number of ether oxygens (including phenoxy) is 1. The zero-order chi connectivity index (χ0) is 23.4. The SMILES string of the molecule is CCCOc1ccc(/C(O)=C2\C(=O)C(=O)N(CCN(C)C)C2c2ccc(Br)cc2)c(C)c1. The molecular weight excluding hydrogens is 472 g/mol. The Balaban J connectivity index is 2.10. The van der Waals surface area contributed by atoms with Crippen LogP contribution < -0.4 is 4.74 Å². The Morgan fingerprint density at radius 2 is 1.84 bits per heavy atom. The number of likely N-dealkylation sites (N-methyl/N-ethyl adjacent to an activating group) is 1. The van der Waals surface area contributed by atoms with Crippen molar-refractivity contribution in [2.24, 2.45) is 0 Å². The average Bonchev–Trinajstić information content (AvgIpc) is 3.01. The summed E-state index contributed by atoms with van der Waals surface area (Å²) >= 11 is 3.43. The van der Waals surface area contributed by atoms with Crippen LogP contribution >= 0.6 is 15.9 Å². The van der Waals surface area contributed by atoms with Crippen molar-refractivity contribution in [3.05, 3.63) is 69.2 Å². The topological polar surface area (TPSA) is 70.1 Å². The van der Waals surface area contributed by atoms with Crippen molar-refractivity contribution in [2.45, 2.75) is 26.3 Å². The van der Waals surface area contributed by atoms with Gasteiger partial charge in [-0.05, 0) is 68.9 Å². The fourth-order valence-electron chi connectivity index (χ4n) is 3.77. The zero-order valence-corrected chi connectivity index (χ0v) is 20.5. The molecule has 1 fully saturated rings. The maximum atomic E-state index is 13.1. The fourth-order valence-corrected chi connectivity index (χ4v) is 4.03. The van der Waals surface area contributed by atoms with E-state index < -0.39 is 17.7 Å². The molecule has 3 rings (SSSR count). The molecule has 32 heavy (non-hydrogen) atoms. The van der Waals surface area contributed by atoms with Crippen molar-refractivity contribution in [3.8, 4) is 5.75 Å². The quantitative estimate of drug-likeness (QED) is 0.327. The van der Waals surface area contributed by atoms with Crippen LogP contribution in [-0.2, 0) is 9.59 Å². The number of benzene rings is 2. The monoisotopic (exact) mass is 500 g/mol. The number of aliphatic hydroxyl groups excluding tert-OH is 1. The number of hydrogen-bond acceptors (Lipinski definition) is 5. The standard InChI is InChI=1S/C25H29BrN2O4/c1-5-14-32-19-10-11-20(16(2)15-19)23(29)21-22(17-6-8-18(26)9-7-17)28(13-12-27(3)4)25(31)24(21)30/h6-11,15,22,29H,5,12-14H2,1-4H3/b23-21+. The Labute approximate surface area is 197 Å². The third-order valence-electron chi connectivity index (χ3n) is 5.44. The van der Waals surface area contributed by atoms with E-state index in [1.54, 1.807) is 17.0 Å². The summed E-state index contributed by atoms with van der Waals surface area (Å²) in [5, 5.41) is 11.3. The first-order chi connectivity index (χ1) is 15.2. The van der Waals surface area contributed by atoms with Crippen LogP contribution in [0.3, 0.4) is 0 Å². The molecule has 1 aliphatic rings. The van der Waals surface area contributed by atoms with Gasteiger partial charge in [-0.2, -0.15) is 0 Å². The van der Waals surface area contributed by atoms with Crippen LogP contribution in [0.4, 0.5) is 0 Å². The molecule has 0 bridgehead atoms. The van der Waals surface area contributed by atoms with Gasteiger partial charge < -0.3 is 19.6 Å². The van der Waals surface area contributed by atoms with Crippen molar-refractivity contribution < 1.29 is 19.4 Å². The Morgan fingerprint density at radius 3 is 2.44 bits per heavy atom. The van der Waals surface area contributed by atoms with Crippen LogP contribution in [0.5, 0.6) is 5.75 Å². The number of Topliss-reactive ketones (excluding diaryl/α,β-unsaturated/α-hetero) is 1. The number of nitrogens with zero attached hydrogens (tertiary/aromatic N) is 2. The smallest absolute Gasteiger partial charge is 0.295 e. The number of rotatable bonds is 8. The van der Waals surface area contributed by atoms with Gasteiger partial charge in [-0.1, -0.05) is 35.0 Å². The van der Waals surface area contributed by atoms with E-state index in [1.807, 2.05) is 63.2 Å². The molecule has 1 N–H and O–H groups in total. The first kappa shape index (κ1) is 24.0. The second-order valence-electron chi connectivity index (χ2n) is 8.17. The predicted molar refractivity (Wildman–Crippen MR) is 129 cm³/mol. The largest absolute Gasteiger partial charge is 0.507 e. The van der Waals surface area contributed by atoms with Gasteiger partial charge in [0.25, 0.3) is 11.7 Å². The van der Waals surface area contributed by atoms with Gasteiger partial charge in [-0.25, -0.2) is 0 Å². The van der Waals surface area contributed by atoms with Crippen LogP contribution in [0.2, 0.25) is 0 Å². The molecule has 2 aromatic carbocycles. The van der Waals surface area contributed by atoms with E-state index in [0.29, 0.717) is 31.0 Å². The van der Waals surface area contributed by atoms with Crippen molar-refractivity contribution in [1.29, 1.82) is 0 Å². The Morgan fingerprint density at radius 1 is 1.16 bits per heavy atom. The minimum absolute atomic E-state index is 0.112. The number of aryl methyl sites for hydroxylation is 1. The first-order valence-corrected chi connectivity index (χ1v) is 11.5. The maximum Gasteiger partial charge on any atom is 0.295 e. The van der Waals surface area contributed by atoms with E-state index in [0.717, 1.165) is 22.0 Å².